The number of imidazole rings is 1. The van der Waals surface area contributed by atoms with Gasteiger partial charge in [-0.15, -0.1) is 0 Å². The van der Waals surface area contributed by atoms with E-state index >= 15 is 0 Å². The van der Waals surface area contributed by atoms with Crippen LogP contribution in [0.2, 0.25) is 15.1 Å². The van der Waals surface area contributed by atoms with Crippen molar-refractivity contribution in [3.8, 4) is 11.4 Å². The molecule has 0 aliphatic carbocycles. The summed E-state index contributed by atoms with van der Waals surface area (Å²) in [6.45, 7) is 11.8. The van der Waals surface area contributed by atoms with Gasteiger partial charge in [0.1, 0.15) is 11.6 Å². The van der Waals surface area contributed by atoms with Crippen LogP contribution in [0.4, 0.5) is 10.1 Å². The van der Waals surface area contributed by atoms with E-state index in [9.17, 15) is 9.18 Å². The monoisotopic (exact) mass is 647 g/mol. The van der Waals surface area contributed by atoms with Crippen LogP contribution in [0.1, 0.15) is 29.2 Å². The van der Waals surface area contributed by atoms with E-state index in [1.165, 1.54) is 6.07 Å². The number of hydrogen-bond acceptors (Lipinski definition) is 4. The number of primary amides is 1. The maximum Gasteiger partial charge on any atom is 0.219 e. The molecule has 5 rings (SSSR count). The summed E-state index contributed by atoms with van der Waals surface area (Å²) in [5.41, 5.74) is 11.6. The van der Waals surface area contributed by atoms with Crippen molar-refractivity contribution in [3.63, 3.8) is 0 Å². The minimum absolute atomic E-state index is 0.0522. The molecule has 0 fully saturated rings. The van der Waals surface area contributed by atoms with Crippen molar-refractivity contribution in [3.05, 3.63) is 143 Å². The van der Waals surface area contributed by atoms with Crippen molar-refractivity contribution < 1.29 is 9.18 Å². The van der Waals surface area contributed by atoms with Crippen LogP contribution in [0.25, 0.3) is 22.4 Å². The fourth-order valence-corrected chi connectivity index (χ4v) is 5.56. The Hall–Kier alpha value is -3.62. The molecule has 1 aromatic heterocycles. The van der Waals surface area contributed by atoms with Gasteiger partial charge in [0.25, 0.3) is 0 Å². The van der Waals surface area contributed by atoms with Crippen LogP contribution >= 0.6 is 34.8 Å². The number of rotatable bonds is 12. The van der Waals surface area contributed by atoms with Gasteiger partial charge in [-0.2, -0.15) is 0 Å². The van der Waals surface area contributed by atoms with Crippen molar-refractivity contribution in [2.45, 2.75) is 25.6 Å². The van der Waals surface area contributed by atoms with Crippen LogP contribution in [-0.2, 0) is 17.9 Å². The van der Waals surface area contributed by atoms with Crippen molar-refractivity contribution in [1.29, 1.82) is 0 Å². The summed E-state index contributed by atoms with van der Waals surface area (Å²) >= 11 is 18.4. The molecule has 10 heteroatoms. The van der Waals surface area contributed by atoms with Gasteiger partial charge in [-0.1, -0.05) is 53.0 Å². The van der Waals surface area contributed by atoms with E-state index in [0.29, 0.717) is 29.0 Å². The number of nitrogens with one attached hydrogen (secondary N) is 1. The molecule has 224 valence electrons. The summed E-state index contributed by atoms with van der Waals surface area (Å²) in [6.07, 6.45) is 0.0824. The van der Waals surface area contributed by atoms with Gasteiger partial charge >= 0.3 is 0 Å². The van der Waals surface area contributed by atoms with E-state index < -0.39 is 11.7 Å². The third-order valence-electron chi connectivity index (χ3n) is 7.26. The number of amides is 1. The van der Waals surface area contributed by atoms with E-state index in [0.717, 1.165) is 39.0 Å². The first-order valence-electron chi connectivity index (χ1n) is 13.7. The second kappa shape index (κ2) is 14.0. The molecule has 3 N–H and O–H groups in total. The average molecular weight is 649 g/mol. The van der Waals surface area contributed by atoms with Crippen LogP contribution < -0.4 is 16.0 Å². The van der Waals surface area contributed by atoms with Gasteiger partial charge in [-0.25, -0.2) is 9.37 Å². The lowest BCUT2D eigenvalue weighted by atomic mass is 10.0. The molecule has 5 aromatic rings. The van der Waals surface area contributed by atoms with Gasteiger partial charge in [-0.05, 0) is 91.2 Å². The highest BCUT2D eigenvalue weighted by atomic mass is 35.5. The van der Waals surface area contributed by atoms with Gasteiger partial charge in [0.2, 0.25) is 5.91 Å². The third-order valence-corrected chi connectivity index (χ3v) is 8.29. The first-order valence-corrected chi connectivity index (χ1v) is 14.8. The maximum atomic E-state index is 13.9. The topological polar surface area (TPSA) is 76.2 Å². The minimum Gasteiger partial charge on any atom is -0.370 e. The first-order chi connectivity index (χ1) is 21.2. The summed E-state index contributed by atoms with van der Waals surface area (Å²) in [5, 5.41) is 4.39. The molecule has 0 saturated carbocycles. The molecule has 1 amide bonds. The van der Waals surface area contributed by atoms with Crippen molar-refractivity contribution in [2.24, 2.45) is 5.73 Å². The van der Waals surface area contributed by atoms with Gasteiger partial charge in [0, 0.05) is 49.9 Å². The second-order valence-corrected chi connectivity index (χ2v) is 11.4. The molecule has 0 bridgehead atoms. The van der Waals surface area contributed by atoms with E-state index in [4.69, 9.17) is 45.5 Å². The van der Waals surface area contributed by atoms with Crippen LogP contribution in [0.3, 0.4) is 0 Å². The van der Waals surface area contributed by atoms with Gasteiger partial charge in [0.05, 0.1) is 26.1 Å². The van der Waals surface area contributed by atoms with E-state index in [-0.39, 0.29) is 17.5 Å². The molecule has 44 heavy (non-hydrogen) atoms. The molecule has 1 atom stereocenters. The average Bonchev–Trinajstić information content (AvgIpc) is 3.37. The Labute approximate surface area is 271 Å². The molecule has 6 nitrogen and oxygen atoms in total. The van der Waals surface area contributed by atoms with E-state index in [2.05, 4.69) is 23.7 Å². The number of benzene rings is 4. The highest BCUT2D eigenvalue weighted by Crippen LogP contribution is 2.31. The summed E-state index contributed by atoms with van der Waals surface area (Å²) < 4.78 is 16.0. The lowest BCUT2D eigenvalue weighted by Gasteiger charge is -2.20. The van der Waals surface area contributed by atoms with E-state index in [1.54, 1.807) is 37.4 Å². The molecule has 0 aliphatic rings. The number of fused-ring (bicyclic) bond motifs is 1. The van der Waals surface area contributed by atoms with Crippen LogP contribution in [0.15, 0.2) is 78.9 Å². The number of hydrogen-bond donors (Lipinski definition) is 2. The van der Waals surface area contributed by atoms with Crippen molar-refractivity contribution in [1.82, 2.24) is 14.9 Å². The summed E-state index contributed by atoms with van der Waals surface area (Å²) in [6, 6.07) is 23.4. The smallest absolute Gasteiger partial charge is 0.219 e. The minimum atomic E-state index is -0.478. The Kier molecular flexibility index (Phi) is 10.1. The van der Waals surface area contributed by atoms with Gasteiger partial charge < -0.3 is 20.5 Å². The Morgan fingerprint density at radius 2 is 1.64 bits per heavy atom. The number of carbonyl (C=O) groups is 1. The third kappa shape index (κ3) is 7.19. The molecular weight excluding hydrogens is 620 g/mol. The van der Waals surface area contributed by atoms with Crippen LogP contribution in [-0.4, -0.2) is 15.5 Å². The SMILES string of the molecule is [CH2][CH]N([CH][CH2])c1ccc(-c2nc3cc(C(CC(N)=O)NCc4ccc(Cl)c(Cl)c4)ccc3n2Cc2ccc(F)c(Cl)c2)cc1. The number of anilines is 1. The predicted octanol–water partition coefficient (Wildman–Crippen LogP) is 8.36. The number of carbonyl (C=O) groups excluding carboxylic acids is 1. The summed E-state index contributed by atoms with van der Waals surface area (Å²) in [7, 11) is 0. The fourth-order valence-electron chi connectivity index (χ4n) is 5.03. The molecule has 1 unspecified atom stereocenters. The van der Waals surface area contributed by atoms with E-state index in [1.807, 2.05) is 53.4 Å². The second-order valence-electron chi connectivity index (χ2n) is 10.2. The molecule has 4 aromatic carbocycles. The quantitative estimate of drug-likeness (QED) is 0.143. The number of halogens is 4. The molecule has 1 heterocycles. The van der Waals surface area contributed by atoms with Crippen molar-refractivity contribution in [2.75, 3.05) is 4.90 Å². The highest BCUT2D eigenvalue weighted by Gasteiger charge is 2.19. The molecule has 0 aliphatic heterocycles. The predicted molar refractivity (Wildman–Crippen MR) is 177 cm³/mol. The Morgan fingerprint density at radius 1 is 0.932 bits per heavy atom. The Morgan fingerprint density at radius 3 is 2.30 bits per heavy atom. The number of nitrogens with zero attached hydrogens (tertiary/aromatic N) is 3. The fraction of sp³-hybridized carbons (Fsp3) is 0.118. The molecule has 0 saturated heterocycles. The van der Waals surface area contributed by atoms with Gasteiger partial charge in [-0.3, -0.25) is 4.79 Å². The lowest BCUT2D eigenvalue weighted by molar-refractivity contribution is -0.118. The van der Waals surface area contributed by atoms with Crippen LogP contribution in [0, 0.1) is 32.8 Å². The molecule has 4 radical (unpaired) electrons. The standard InChI is InChI=1S/C34H29Cl3FN5O/c1-3-42(4-2)25-10-7-23(8-11-25)34-41-31-17-24(9-14-32(31)43(34)20-22-6-13-29(38)28(37)16-22)30(18-33(39)44)40-19-21-5-12-26(35)27(36)15-21/h3-17,30,40H,1-2,18-20H2,(H2,39,44). The number of nitrogens with two attached hydrogens (primary N) is 1. The Balaban J connectivity index is 1.54. The normalized spacial score (nSPS) is 12.0. The zero-order valence-corrected chi connectivity index (χ0v) is 25.9. The zero-order chi connectivity index (χ0) is 31.4. The maximum absolute atomic E-state index is 13.9. The van der Waals surface area contributed by atoms with Crippen molar-refractivity contribution >= 4 is 57.4 Å². The molecular formula is C34H29Cl3FN5O. The highest BCUT2D eigenvalue weighted by molar-refractivity contribution is 6.42. The van der Waals surface area contributed by atoms with Crippen LogP contribution in [0.5, 0.6) is 0 Å². The number of aromatic nitrogens is 2. The zero-order valence-electron chi connectivity index (χ0n) is 23.6. The van der Waals surface area contributed by atoms with Gasteiger partial charge in [0.15, 0.2) is 0 Å². The largest absolute Gasteiger partial charge is 0.370 e. The Bertz CT molecular complexity index is 1790. The summed E-state index contributed by atoms with van der Waals surface area (Å²) in [5.74, 6) is -0.207. The summed E-state index contributed by atoms with van der Waals surface area (Å²) in [4.78, 5) is 18.9. The molecule has 0 spiro atoms. The lowest BCUT2D eigenvalue weighted by Crippen LogP contribution is -2.26. The first kappa shape index (κ1) is 31.8.